The molecule has 8 nitrogen and oxygen atoms in total. The van der Waals surface area contributed by atoms with E-state index in [2.05, 4.69) is 14.8 Å². The second-order valence-electron chi connectivity index (χ2n) is 8.57. The molecule has 0 saturated heterocycles. The average molecular weight is 476 g/mol. The first-order valence-corrected chi connectivity index (χ1v) is 11.5. The van der Waals surface area contributed by atoms with Gasteiger partial charge in [-0.1, -0.05) is 48.5 Å². The number of nitrogens with zero attached hydrogens (tertiary/aromatic N) is 5. The quantitative estimate of drug-likeness (QED) is 0.391. The minimum Gasteiger partial charge on any atom is -0.481 e. The average Bonchev–Trinajstić information content (AvgIpc) is 3.54. The van der Waals surface area contributed by atoms with Crippen LogP contribution in [0.1, 0.15) is 11.1 Å². The summed E-state index contributed by atoms with van der Waals surface area (Å²) in [6, 6.07) is 24.8. The van der Waals surface area contributed by atoms with Crippen LogP contribution in [0.25, 0.3) is 33.5 Å². The molecule has 0 spiro atoms. The van der Waals surface area contributed by atoms with Crippen LogP contribution in [0.15, 0.2) is 102 Å². The highest BCUT2D eigenvalue weighted by molar-refractivity contribution is 5.93. The SMILES string of the molecule is O=C(O)Cc1ccccc1-n1nc2c3ccccc3n(Cc3ccc(-n4cccn4)cc3)cc-2c1=O. The van der Waals surface area contributed by atoms with Crippen molar-refractivity contribution in [3.8, 4) is 22.6 Å². The fraction of sp³-hybridized carbons (Fsp3) is 0.0714. The van der Waals surface area contributed by atoms with Crippen molar-refractivity contribution in [1.82, 2.24) is 24.1 Å². The molecule has 1 N–H and O–H groups in total. The standard InChI is InChI=1S/C28H21N5O3/c34-26(35)16-20-6-1-3-8-24(20)33-28(36)23-18-31(25-9-4-2-7-22(25)27(23)30-33)17-19-10-12-21(13-11-19)32-15-5-14-29-32/h1-15,18H,16-17H2,(H,34,35). The maximum absolute atomic E-state index is 13.5. The number of para-hydroxylation sites is 2. The number of fused-ring (bicyclic) bond motifs is 3. The largest absolute Gasteiger partial charge is 0.481 e. The number of aromatic nitrogens is 5. The molecule has 0 aliphatic carbocycles. The molecule has 4 aromatic rings. The van der Waals surface area contributed by atoms with E-state index in [0.29, 0.717) is 29.1 Å². The van der Waals surface area contributed by atoms with Crippen molar-refractivity contribution in [3.05, 3.63) is 119 Å². The zero-order chi connectivity index (χ0) is 24.6. The molecule has 3 heterocycles. The lowest BCUT2D eigenvalue weighted by Crippen LogP contribution is -2.17. The van der Waals surface area contributed by atoms with Crippen molar-refractivity contribution in [2.75, 3.05) is 0 Å². The third kappa shape index (κ3) is 3.74. The molecule has 6 rings (SSSR count). The van der Waals surface area contributed by atoms with E-state index in [1.807, 2.05) is 67.0 Å². The van der Waals surface area contributed by atoms with Gasteiger partial charge < -0.3 is 9.67 Å². The number of pyridine rings is 1. The zero-order valence-electron chi connectivity index (χ0n) is 19.2. The van der Waals surface area contributed by atoms with Crippen molar-refractivity contribution < 1.29 is 9.90 Å². The van der Waals surface area contributed by atoms with E-state index in [9.17, 15) is 14.7 Å². The van der Waals surface area contributed by atoms with Gasteiger partial charge in [-0.2, -0.15) is 14.9 Å². The molecule has 0 bridgehead atoms. The number of carboxylic acid groups (broad SMARTS) is 1. The molecule has 8 heteroatoms. The molecule has 36 heavy (non-hydrogen) atoms. The highest BCUT2D eigenvalue weighted by atomic mass is 16.4. The Morgan fingerprint density at radius 2 is 1.69 bits per heavy atom. The minimum absolute atomic E-state index is 0.193. The van der Waals surface area contributed by atoms with Gasteiger partial charge in [0.25, 0.3) is 5.56 Å². The number of carboxylic acids is 1. The van der Waals surface area contributed by atoms with Gasteiger partial charge in [-0.3, -0.25) is 9.59 Å². The third-order valence-corrected chi connectivity index (χ3v) is 6.25. The van der Waals surface area contributed by atoms with E-state index in [0.717, 1.165) is 22.2 Å². The van der Waals surface area contributed by atoms with E-state index in [1.54, 1.807) is 35.1 Å². The molecule has 0 amide bonds. The molecule has 2 aliphatic heterocycles. The first-order chi connectivity index (χ1) is 17.6. The fourth-order valence-corrected chi connectivity index (χ4v) is 4.58. The summed E-state index contributed by atoms with van der Waals surface area (Å²) in [6.07, 6.45) is 5.28. The number of rotatable bonds is 6. The second kappa shape index (κ2) is 8.66. The lowest BCUT2D eigenvalue weighted by atomic mass is 10.1. The van der Waals surface area contributed by atoms with Gasteiger partial charge in [-0.25, -0.2) is 4.68 Å². The molecular weight excluding hydrogens is 454 g/mol. The molecule has 3 aromatic carbocycles. The molecule has 1 aromatic heterocycles. The van der Waals surface area contributed by atoms with E-state index >= 15 is 0 Å². The van der Waals surface area contributed by atoms with Crippen LogP contribution in [-0.2, 0) is 17.8 Å². The summed E-state index contributed by atoms with van der Waals surface area (Å²) < 4.78 is 5.18. The van der Waals surface area contributed by atoms with Crippen LogP contribution in [0.5, 0.6) is 0 Å². The predicted octanol–water partition coefficient (Wildman–Crippen LogP) is 4.15. The fourth-order valence-electron chi connectivity index (χ4n) is 4.58. The van der Waals surface area contributed by atoms with Crippen molar-refractivity contribution >= 4 is 16.9 Å². The highest BCUT2D eigenvalue weighted by Crippen LogP contribution is 2.29. The van der Waals surface area contributed by atoms with Gasteiger partial charge in [-0.15, -0.1) is 0 Å². The predicted molar refractivity (Wildman–Crippen MR) is 136 cm³/mol. The molecule has 0 atom stereocenters. The molecule has 0 radical (unpaired) electrons. The minimum atomic E-state index is -0.964. The number of aliphatic carboxylic acids is 1. The van der Waals surface area contributed by atoms with Gasteiger partial charge in [0.05, 0.1) is 28.9 Å². The zero-order valence-corrected chi connectivity index (χ0v) is 19.2. The number of carbonyl (C=O) groups is 1. The first kappa shape index (κ1) is 21.5. The molecule has 176 valence electrons. The van der Waals surface area contributed by atoms with Crippen LogP contribution in [0.4, 0.5) is 0 Å². The van der Waals surface area contributed by atoms with Crippen molar-refractivity contribution in [1.29, 1.82) is 0 Å². The van der Waals surface area contributed by atoms with Crippen LogP contribution < -0.4 is 5.56 Å². The summed E-state index contributed by atoms with van der Waals surface area (Å²) in [7, 11) is 0. The normalized spacial score (nSPS) is 11.3. The Labute approximate surface area is 205 Å². The Kier molecular flexibility index (Phi) is 5.19. The van der Waals surface area contributed by atoms with E-state index in [1.165, 1.54) is 4.68 Å². The number of hydrogen-bond acceptors (Lipinski definition) is 4. The first-order valence-electron chi connectivity index (χ1n) is 11.5. The molecule has 0 saturated carbocycles. The smallest absolute Gasteiger partial charge is 0.307 e. The monoisotopic (exact) mass is 475 g/mol. The van der Waals surface area contributed by atoms with E-state index in [-0.39, 0.29) is 12.0 Å². The van der Waals surface area contributed by atoms with Gasteiger partial charge in [0, 0.05) is 30.5 Å². The van der Waals surface area contributed by atoms with E-state index in [4.69, 9.17) is 0 Å². The summed E-state index contributed by atoms with van der Waals surface area (Å²) >= 11 is 0. The summed E-state index contributed by atoms with van der Waals surface area (Å²) in [4.78, 5) is 24.9. The Balaban J connectivity index is 1.47. The molecule has 2 aliphatic rings. The number of benzene rings is 3. The molecule has 0 unspecified atom stereocenters. The van der Waals surface area contributed by atoms with Crippen molar-refractivity contribution in [2.45, 2.75) is 13.0 Å². The van der Waals surface area contributed by atoms with Crippen molar-refractivity contribution in [2.24, 2.45) is 0 Å². The maximum Gasteiger partial charge on any atom is 0.307 e. The topological polar surface area (TPSA) is 94.9 Å². The van der Waals surface area contributed by atoms with Gasteiger partial charge in [0.2, 0.25) is 0 Å². The van der Waals surface area contributed by atoms with Crippen LogP contribution in [0.2, 0.25) is 0 Å². The van der Waals surface area contributed by atoms with Crippen LogP contribution in [0, 0.1) is 0 Å². The van der Waals surface area contributed by atoms with Crippen molar-refractivity contribution in [3.63, 3.8) is 0 Å². The van der Waals surface area contributed by atoms with Crippen LogP contribution in [0.3, 0.4) is 0 Å². The van der Waals surface area contributed by atoms with Gasteiger partial charge in [0.15, 0.2) is 0 Å². The Bertz CT molecular complexity index is 1730. The lowest BCUT2D eigenvalue weighted by molar-refractivity contribution is -0.136. The summed E-state index contributed by atoms with van der Waals surface area (Å²) in [5, 5.41) is 19.1. The highest BCUT2D eigenvalue weighted by Gasteiger charge is 2.22. The lowest BCUT2D eigenvalue weighted by Gasteiger charge is -2.14. The maximum atomic E-state index is 13.5. The Hall–Kier alpha value is -4.98. The van der Waals surface area contributed by atoms with Crippen LogP contribution in [-0.4, -0.2) is 35.2 Å². The van der Waals surface area contributed by atoms with Gasteiger partial charge >= 0.3 is 5.97 Å². The summed E-state index contributed by atoms with van der Waals surface area (Å²) in [5.41, 5.74) is 4.79. The van der Waals surface area contributed by atoms with Crippen LogP contribution >= 0.6 is 0 Å². The molecular formula is C28H21N5O3. The Morgan fingerprint density at radius 3 is 2.47 bits per heavy atom. The number of hydrogen-bond donors (Lipinski definition) is 1. The van der Waals surface area contributed by atoms with Gasteiger partial charge in [-0.05, 0) is 41.5 Å². The third-order valence-electron chi connectivity index (χ3n) is 6.25. The Morgan fingerprint density at radius 1 is 0.917 bits per heavy atom. The molecule has 0 fully saturated rings. The summed E-state index contributed by atoms with van der Waals surface area (Å²) in [6.45, 7) is 0.566. The van der Waals surface area contributed by atoms with E-state index < -0.39 is 5.97 Å². The second-order valence-corrected chi connectivity index (χ2v) is 8.57. The summed E-state index contributed by atoms with van der Waals surface area (Å²) in [5.74, 6) is -0.964. The van der Waals surface area contributed by atoms with Gasteiger partial charge in [0.1, 0.15) is 5.69 Å².